The quantitative estimate of drug-likeness (QED) is 0.508. The number of hydrogen-bond donors (Lipinski definition) is 0. The molecule has 0 N–H and O–H groups in total. The Bertz CT molecular complexity index is 361. The van der Waals surface area contributed by atoms with Crippen molar-refractivity contribution in [2.75, 3.05) is 7.05 Å². The van der Waals surface area contributed by atoms with Crippen LogP contribution in [0.25, 0.3) is 0 Å². The molecule has 0 unspecified atom stereocenters. The maximum atomic E-state index is 4.32. The van der Waals surface area contributed by atoms with Crippen LogP contribution in [-0.4, -0.2) is 12.8 Å². The molecule has 0 atom stereocenters. The Balaban J connectivity index is 3.02. The molecule has 0 aliphatic carbocycles. The van der Waals surface area contributed by atoms with E-state index in [0.29, 0.717) is 0 Å². The van der Waals surface area contributed by atoms with E-state index in [2.05, 4.69) is 30.6 Å². The van der Waals surface area contributed by atoms with Gasteiger partial charge >= 0.3 is 0 Å². The van der Waals surface area contributed by atoms with Crippen LogP contribution in [0.5, 0.6) is 0 Å². The van der Waals surface area contributed by atoms with Crippen molar-refractivity contribution >= 4 is 5.71 Å². The largest absolute Gasteiger partial charge is 0.292 e. The summed E-state index contributed by atoms with van der Waals surface area (Å²) in [6.45, 7) is 8.06. The summed E-state index contributed by atoms with van der Waals surface area (Å²) in [6.07, 6.45) is 0.862. The van der Waals surface area contributed by atoms with Crippen LogP contribution < -0.4 is 0 Å². The first-order valence-electron chi connectivity index (χ1n) is 4.81. The summed E-state index contributed by atoms with van der Waals surface area (Å²) in [6, 6.07) is 8.32. The Hall–Kier alpha value is -1.37. The van der Waals surface area contributed by atoms with Gasteiger partial charge in [0.1, 0.15) is 0 Å². The van der Waals surface area contributed by atoms with Crippen LogP contribution >= 0.6 is 0 Å². The Morgan fingerprint density at radius 2 is 2.00 bits per heavy atom. The molecule has 0 heterocycles. The van der Waals surface area contributed by atoms with E-state index in [4.69, 9.17) is 0 Å². The average molecular weight is 187 g/mol. The zero-order valence-electron chi connectivity index (χ0n) is 9.17. The van der Waals surface area contributed by atoms with E-state index in [1.54, 1.807) is 0 Å². The van der Waals surface area contributed by atoms with Crippen molar-refractivity contribution in [3.05, 3.63) is 47.5 Å². The van der Waals surface area contributed by atoms with Crippen LogP contribution in [0.15, 0.2) is 41.4 Å². The molecule has 1 heteroatoms. The summed E-state index contributed by atoms with van der Waals surface area (Å²) in [7, 11) is 1.84. The normalized spacial score (nSPS) is 11.5. The summed E-state index contributed by atoms with van der Waals surface area (Å²) in [5.41, 5.74) is 4.77. The maximum absolute atomic E-state index is 4.32. The summed E-state index contributed by atoms with van der Waals surface area (Å²) in [4.78, 5) is 4.32. The number of hydrogen-bond acceptors (Lipinski definition) is 1. The third kappa shape index (κ3) is 2.56. The second-order valence-corrected chi connectivity index (χ2v) is 3.62. The number of aliphatic imine (C=N–C) groups is 1. The molecule has 0 saturated heterocycles. The Kier molecular flexibility index (Phi) is 3.63. The highest BCUT2D eigenvalue weighted by atomic mass is 14.7. The molecule has 0 aliphatic heterocycles. The van der Waals surface area contributed by atoms with Crippen molar-refractivity contribution in [3.8, 4) is 0 Å². The molecule has 1 aromatic rings. The van der Waals surface area contributed by atoms with E-state index in [-0.39, 0.29) is 0 Å². The first-order chi connectivity index (χ1) is 6.65. The fraction of sp³-hybridized carbons (Fsp3) is 0.308. The molecular formula is C13H17N. The Morgan fingerprint density at radius 3 is 2.50 bits per heavy atom. The van der Waals surface area contributed by atoms with Gasteiger partial charge in [-0.2, -0.15) is 0 Å². The SMILES string of the molecule is C=C(C)CC(=NC)c1ccccc1C. The summed E-state index contributed by atoms with van der Waals surface area (Å²) < 4.78 is 0. The average Bonchev–Trinajstić information content (AvgIpc) is 2.15. The highest BCUT2D eigenvalue weighted by Gasteiger charge is 2.04. The molecule has 1 aromatic carbocycles. The van der Waals surface area contributed by atoms with Gasteiger partial charge < -0.3 is 0 Å². The molecule has 0 fully saturated rings. The highest BCUT2D eigenvalue weighted by Crippen LogP contribution is 2.13. The molecule has 0 aromatic heterocycles. The number of allylic oxidation sites excluding steroid dienone is 1. The first-order valence-corrected chi connectivity index (χ1v) is 4.81. The van der Waals surface area contributed by atoms with Crippen LogP contribution in [0, 0.1) is 6.92 Å². The predicted octanol–water partition coefficient (Wildman–Crippen LogP) is 3.38. The van der Waals surface area contributed by atoms with Gasteiger partial charge in [0.25, 0.3) is 0 Å². The fourth-order valence-electron chi connectivity index (χ4n) is 1.48. The van der Waals surface area contributed by atoms with Gasteiger partial charge in [0, 0.05) is 19.2 Å². The van der Waals surface area contributed by atoms with Gasteiger partial charge in [0.15, 0.2) is 0 Å². The van der Waals surface area contributed by atoms with Crippen molar-refractivity contribution in [2.24, 2.45) is 4.99 Å². The minimum absolute atomic E-state index is 0.862. The minimum atomic E-state index is 0.862. The summed E-state index contributed by atoms with van der Waals surface area (Å²) in [5.74, 6) is 0. The molecule has 14 heavy (non-hydrogen) atoms. The lowest BCUT2D eigenvalue weighted by Crippen LogP contribution is -2.03. The highest BCUT2D eigenvalue weighted by molar-refractivity contribution is 6.02. The fourth-order valence-corrected chi connectivity index (χ4v) is 1.48. The summed E-state index contributed by atoms with van der Waals surface area (Å²) >= 11 is 0. The molecule has 0 aliphatic rings. The van der Waals surface area contributed by atoms with Crippen molar-refractivity contribution in [1.29, 1.82) is 0 Å². The third-order valence-electron chi connectivity index (χ3n) is 2.20. The van der Waals surface area contributed by atoms with Crippen molar-refractivity contribution in [3.63, 3.8) is 0 Å². The van der Waals surface area contributed by atoms with Gasteiger partial charge in [-0.25, -0.2) is 0 Å². The molecule has 0 radical (unpaired) electrons. The van der Waals surface area contributed by atoms with Crippen molar-refractivity contribution < 1.29 is 0 Å². The van der Waals surface area contributed by atoms with Gasteiger partial charge in [-0.15, -0.1) is 0 Å². The monoisotopic (exact) mass is 187 g/mol. The minimum Gasteiger partial charge on any atom is -0.292 e. The zero-order chi connectivity index (χ0) is 10.6. The molecule has 0 saturated carbocycles. The van der Waals surface area contributed by atoms with Crippen LogP contribution in [0.1, 0.15) is 24.5 Å². The van der Waals surface area contributed by atoms with E-state index in [1.807, 2.05) is 26.1 Å². The van der Waals surface area contributed by atoms with E-state index in [0.717, 1.165) is 17.7 Å². The molecule has 0 spiro atoms. The van der Waals surface area contributed by atoms with E-state index < -0.39 is 0 Å². The molecular weight excluding hydrogens is 170 g/mol. The Morgan fingerprint density at radius 1 is 1.36 bits per heavy atom. The van der Waals surface area contributed by atoms with E-state index in [9.17, 15) is 0 Å². The zero-order valence-corrected chi connectivity index (χ0v) is 9.17. The van der Waals surface area contributed by atoms with Gasteiger partial charge in [-0.05, 0) is 25.0 Å². The molecule has 0 bridgehead atoms. The number of benzene rings is 1. The smallest absolute Gasteiger partial charge is 0.0459 e. The second-order valence-electron chi connectivity index (χ2n) is 3.62. The molecule has 1 rings (SSSR count). The van der Waals surface area contributed by atoms with Gasteiger partial charge in [-0.1, -0.05) is 36.4 Å². The standard InChI is InChI=1S/C13H17N/c1-10(2)9-13(14-4)12-8-6-5-7-11(12)3/h5-8H,1,9H2,2-4H3. The van der Waals surface area contributed by atoms with Gasteiger partial charge in [0.2, 0.25) is 0 Å². The van der Waals surface area contributed by atoms with Gasteiger partial charge in [0.05, 0.1) is 0 Å². The van der Waals surface area contributed by atoms with Crippen LogP contribution in [-0.2, 0) is 0 Å². The van der Waals surface area contributed by atoms with E-state index in [1.165, 1.54) is 11.1 Å². The first kappa shape index (κ1) is 10.7. The number of nitrogens with zero attached hydrogens (tertiary/aromatic N) is 1. The molecule has 0 amide bonds. The predicted molar refractivity (Wildman–Crippen MR) is 63.1 cm³/mol. The lowest BCUT2D eigenvalue weighted by atomic mass is 9.99. The van der Waals surface area contributed by atoms with Crippen molar-refractivity contribution in [1.82, 2.24) is 0 Å². The van der Waals surface area contributed by atoms with Gasteiger partial charge in [-0.3, -0.25) is 4.99 Å². The summed E-state index contributed by atoms with van der Waals surface area (Å²) in [5, 5.41) is 0. The number of aryl methyl sites for hydroxylation is 1. The third-order valence-corrected chi connectivity index (χ3v) is 2.20. The van der Waals surface area contributed by atoms with Crippen molar-refractivity contribution in [2.45, 2.75) is 20.3 Å². The van der Waals surface area contributed by atoms with E-state index >= 15 is 0 Å². The molecule has 1 nitrogen and oxygen atoms in total. The van der Waals surface area contributed by atoms with Crippen LogP contribution in [0.3, 0.4) is 0 Å². The number of rotatable bonds is 3. The Labute approximate surface area is 86.2 Å². The maximum Gasteiger partial charge on any atom is 0.0459 e. The lowest BCUT2D eigenvalue weighted by Gasteiger charge is -2.08. The molecule has 74 valence electrons. The van der Waals surface area contributed by atoms with Crippen LogP contribution in [0.2, 0.25) is 0 Å². The lowest BCUT2D eigenvalue weighted by molar-refractivity contribution is 1.23. The topological polar surface area (TPSA) is 12.4 Å². The second kappa shape index (κ2) is 4.75. The van der Waals surface area contributed by atoms with Crippen LogP contribution in [0.4, 0.5) is 0 Å².